The summed E-state index contributed by atoms with van der Waals surface area (Å²) in [5.74, 6) is -3.42. The number of rotatable bonds is 4. The van der Waals surface area contributed by atoms with Crippen molar-refractivity contribution in [1.29, 1.82) is 5.26 Å². The molecule has 164 valence electrons. The number of methoxy groups -OCH3 is 2. The molecule has 2 aromatic carbocycles. The van der Waals surface area contributed by atoms with Crippen molar-refractivity contribution in [2.24, 2.45) is 5.73 Å². The van der Waals surface area contributed by atoms with Crippen LogP contribution in [-0.4, -0.2) is 26.2 Å². The van der Waals surface area contributed by atoms with Crippen LogP contribution in [0.15, 0.2) is 74.1 Å². The van der Waals surface area contributed by atoms with Gasteiger partial charge in [-0.2, -0.15) is 5.26 Å². The zero-order chi connectivity index (χ0) is 23.6. The van der Waals surface area contributed by atoms with Crippen molar-refractivity contribution in [1.82, 2.24) is 0 Å². The lowest BCUT2D eigenvalue weighted by molar-refractivity contribution is -0.139. The minimum atomic E-state index is -0.989. The van der Waals surface area contributed by atoms with Crippen LogP contribution in [0.1, 0.15) is 11.5 Å². The lowest BCUT2D eigenvalue weighted by atomic mass is 9.81. The number of hydrogen-bond acceptors (Lipinski definition) is 7. The van der Waals surface area contributed by atoms with Crippen LogP contribution >= 0.6 is 31.9 Å². The first-order chi connectivity index (χ1) is 15.3. The molecule has 0 bridgehead atoms. The standard InChI is InChI=1S/C22H16Br2FN3O4/c1-31-21(29)17-16(11-6-4-3-5-7-11)13(10-26)20(27)28(19(17)22(30)32-2)18-14(23)8-12(25)9-15(18)24/h3-9,16H,27H2,1-2H3. The molecule has 0 saturated heterocycles. The zero-order valence-electron chi connectivity index (χ0n) is 16.9. The Balaban J connectivity index is 2.48. The van der Waals surface area contributed by atoms with Crippen molar-refractivity contribution in [3.8, 4) is 6.07 Å². The molecular formula is C22H16Br2FN3O4. The van der Waals surface area contributed by atoms with E-state index in [2.05, 4.69) is 37.9 Å². The third kappa shape index (κ3) is 4.01. The van der Waals surface area contributed by atoms with Gasteiger partial charge in [-0.15, -0.1) is 0 Å². The third-order valence-electron chi connectivity index (χ3n) is 4.82. The summed E-state index contributed by atoms with van der Waals surface area (Å²) in [5.41, 5.74) is 6.77. The number of nitriles is 1. The number of benzene rings is 2. The average molecular weight is 565 g/mol. The summed E-state index contributed by atoms with van der Waals surface area (Å²) in [5, 5.41) is 10.0. The van der Waals surface area contributed by atoms with Gasteiger partial charge in [0, 0.05) is 8.95 Å². The second-order valence-corrected chi connectivity index (χ2v) is 8.26. The van der Waals surface area contributed by atoms with E-state index in [0.29, 0.717) is 5.56 Å². The fourth-order valence-electron chi connectivity index (χ4n) is 3.49. The van der Waals surface area contributed by atoms with Crippen molar-refractivity contribution in [3.63, 3.8) is 0 Å². The molecule has 1 aliphatic rings. The summed E-state index contributed by atoms with van der Waals surface area (Å²) in [6, 6.07) is 13.0. The van der Waals surface area contributed by atoms with Crippen LogP contribution in [-0.2, 0) is 19.1 Å². The molecule has 2 N–H and O–H groups in total. The first-order valence-corrected chi connectivity index (χ1v) is 10.7. The molecule has 0 radical (unpaired) electrons. The first kappa shape index (κ1) is 23.5. The molecule has 2 aromatic rings. The Kier molecular flexibility index (Phi) is 7.01. The number of halogens is 3. The maximum Gasteiger partial charge on any atom is 0.355 e. The molecule has 1 unspecified atom stereocenters. The molecule has 32 heavy (non-hydrogen) atoms. The van der Waals surface area contributed by atoms with Crippen LogP contribution in [0.2, 0.25) is 0 Å². The Hall–Kier alpha value is -3.16. The minimum Gasteiger partial charge on any atom is -0.466 e. The van der Waals surface area contributed by atoms with Crippen molar-refractivity contribution in [3.05, 3.63) is 85.5 Å². The number of hydrogen-bond donors (Lipinski definition) is 1. The lowest BCUT2D eigenvalue weighted by Crippen LogP contribution is -2.41. The summed E-state index contributed by atoms with van der Waals surface area (Å²) in [6.07, 6.45) is 0. The Morgan fingerprint density at radius 2 is 1.66 bits per heavy atom. The van der Waals surface area contributed by atoms with Crippen molar-refractivity contribution >= 4 is 49.5 Å². The second kappa shape index (κ2) is 9.54. The van der Waals surface area contributed by atoms with Crippen LogP contribution in [0.4, 0.5) is 10.1 Å². The predicted molar refractivity (Wildman–Crippen MR) is 121 cm³/mol. The second-order valence-electron chi connectivity index (χ2n) is 6.55. The average Bonchev–Trinajstić information content (AvgIpc) is 2.78. The van der Waals surface area contributed by atoms with Crippen LogP contribution in [0, 0.1) is 17.1 Å². The summed E-state index contributed by atoms with van der Waals surface area (Å²) in [6.45, 7) is 0. The zero-order valence-corrected chi connectivity index (χ0v) is 20.0. The number of carbonyl (C=O) groups excluding carboxylic acids is 2. The maximum absolute atomic E-state index is 13.9. The maximum atomic E-state index is 13.9. The molecule has 0 amide bonds. The third-order valence-corrected chi connectivity index (χ3v) is 6.02. The van der Waals surface area contributed by atoms with Gasteiger partial charge in [-0.3, -0.25) is 4.90 Å². The summed E-state index contributed by atoms with van der Waals surface area (Å²) >= 11 is 6.54. The Morgan fingerprint density at radius 1 is 1.09 bits per heavy atom. The Bertz CT molecular complexity index is 1180. The van der Waals surface area contributed by atoms with Gasteiger partial charge in [0.2, 0.25) is 0 Å². The van der Waals surface area contributed by atoms with Crippen LogP contribution in [0.5, 0.6) is 0 Å². The smallest absolute Gasteiger partial charge is 0.355 e. The van der Waals surface area contributed by atoms with Crippen molar-refractivity contribution in [2.45, 2.75) is 5.92 Å². The van der Waals surface area contributed by atoms with E-state index in [1.165, 1.54) is 4.90 Å². The highest BCUT2D eigenvalue weighted by Crippen LogP contribution is 2.46. The van der Waals surface area contributed by atoms with Gasteiger partial charge in [-0.25, -0.2) is 14.0 Å². The summed E-state index contributed by atoms with van der Waals surface area (Å²) < 4.78 is 24.3. The van der Waals surface area contributed by atoms with E-state index in [9.17, 15) is 19.2 Å². The van der Waals surface area contributed by atoms with Gasteiger partial charge in [0.25, 0.3) is 0 Å². The minimum absolute atomic E-state index is 0.00683. The number of nitrogens with zero attached hydrogens (tertiary/aromatic N) is 2. The topological polar surface area (TPSA) is 106 Å². The molecule has 0 saturated carbocycles. The molecule has 7 nitrogen and oxygen atoms in total. The fourth-order valence-corrected chi connectivity index (χ4v) is 4.98. The van der Waals surface area contributed by atoms with Crippen molar-refractivity contribution in [2.75, 3.05) is 19.1 Å². The van der Waals surface area contributed by atoms with E-state index in [1.807, 2.05) is 0 Å². The van der Waals surface area contributed by atoms with Crippen LogP contribution in [0.25, 0.3) is 0 Å². The van der Waals surface area contributed by atoms with Gasteiger partial charge in [-0.1, -0.05) is 30.3 Å². The molecular weight excluding hydrogens is 549 g/mol. The normalized spacial score (nSPS) is 16.0. The van der Waals surface area contributed by atoms with E-state index in [1.54, 1.807) is 30.3 Å². The number of anilines is 1. The number of nitrogens with two attached hydrogens (primary N) is 1. The molecule has 1 atom stereocenters. The number of carbonyl (C=O) groups is 2. The SMILES string of the molecule is COC(=O)C1=C(C(=O)OC)N(c2c(Br)cc(F)cc2Br)C(N)=C(C#N)C1c1ccccc1. The molecule has 0 aliphatic carbocycles. The van der Waals surface area contributed by atoms with Crippen LogP contribution < -0.4 is 10.6 Å². The van der Waals surface area contributed by atoms with Crippen LogP contribution in [0.3, 0.4) is 0 Å². The highest BCUT2D eigenvalue weighted by atomic mass is 79.9. The largest absolute Gasteiger partial charge is 0.466 e. The highest BCUT2D eigenvalue weighted by molar-refractivity contribution is 9.11. The van der Waals surface area contributed by atoms with Gasteiger partial charge < -0.3 is 15.2 Å². The van der Waals surface area contributed by atoms with E-state index >= 15 is 0 Å². The number of ether oxygens (including phenoxy) is 2. The fraction of sp³-hybridized carbons (Fsp3) is 0.136. The summed E-state index contributed by atoms with van der Waals surface area (Å²) in [4.78, 5) is 27.2. The van der Waals surface area contributed by atoms with Gasteiger partial charge in [0.15, 0.2) is 0 Å². The number of esters is 2. The predicted octanol–water partition coefficient (Wildman–Crippen LogP) is 4.25. The Labute approximate surface area is 200 Å². The molecule has 1 aliphatic heterocycles. The van der Waals surface area contributed by atoms with E-state index < -0.39 is 23.7 Å². The molecule has 1 heterocycles. The summed E-state index contributed by atoms with van der Waals surface area (Å²) in [7, 11) is 2.31. The van der Waals surface area contributed by atoms with Crippen molar-refractivity contribution < 1.29 is 23.5 Å². The Morgan fingerprint density at radius 3 is 2.16 bits per heavy atom. The quantitative estimate of drug-likeness (QED) is 0.553. The molecule has 0 fully saturated rings. The lowest BCUT2D eigenvalue weighted by Gasteiger charge is -2.36. The van der Waals surface area contributed by atoms with E-state index in [0.717, 1.165) is 26.4 Å². The van der Waals surface area contributed by atoms with Gasteiger partial charge in [0.1, 0.15) is 17.3 Å². The molecule has 0 spiro atoms. The van der Waals surface area contributed by atoms with Gasteiger partial charge in [-0.05, 0) is 49.6 Å². The first-order valence-electron chi connectivity index (χ1n) is 9.06. The molecule has 3 rings (SSSR count). The molecule has 10 heteroatoms. The van der Waals surface area contributed by atoms with Gasteiger partial charge >= 0.3 is 11.9 Å². The highest BCUT2D eigenvalue weighted by Gasteiger charge is 2.43. The van der Waals surface area contributed by atoms with E-state index in [4.69, 9.17) is 15.2 Å². The van der Waals surface area contributed by atoms with E-state index in [-0.39, 0.29) is 37.3 Å². The number of allylic oxidation sites excluding steroid dienone is 1. The molecule has 0 aromatic heterocycles. The monoisotopic (exact) mass is 563 g/mol. The van der Waals surface area contributed by atoms with Gasteiger partial charge in [0.05, 0.1) is 43.0 Å².